The maximum Gasteiger partial charge on any atom is 0.262 e. The minimum absolute atomic E-state index is 0.121. The highest BCUT2D eigenvalue weighted by molar-refractivity contribution is 7.98. The van der Waals surface area contributed by atoms with E-state index in [1.54, 1.807) is 47.7 Å². The first-order valence-corrected chi connectivity index (χ1v) is 12.1. The highest BCUT2D eigenvalue weighted by Gasteiger charge is 2.22. The molecule has 0 fully saturated rings. The van der Waals surface area contributed by atoms with Crippen LogP contribution in [-0.4, -0.2) is 39.7 Å². The fraction of sp³-hybridized carbons (Fsp3) is 0.292. The van der Waals surface area contributed by atoms with Crippen LogP contribution in [0.25, 0.3) is 10.9 Å². The monoisotopic (exact) mass is 469 g/mol. The number of carbonyl (C=O) groups is 1. The lowest BCUT2D eigenvalue weighted by Gasteiger charge is -2.08. The summed E-state index contributed by atoms with van der Waals surface area (Å²) in [6, 6.07) is 12.6. The molecule has 8 heteroatoms. The molecule has 166 valence electrons. The molecule has 2 aromatic heterocycles. The van der Waals surface area contributed by atoms with Crippen molar-refractivity contribution in [3.63, 3.8) is 0 Å². The molecule has 0 bridgehead atoms. The van der Waals surface area contributed by atoms with Gasteiger partial charge in [-0.1, -0.05) is 16.8 Å². The molecule has 0 saturated carbocycles. The first kappa shape index (κ1) is 22.4. The van der Waals surface area contributed by atoms with Gasteiger partial charge in [0.1, 0.15) is 5.75 Å². The summed E-state index contributed by atoms with van der Waals surface area (Å²) in [6.45, 7) is 1.94. The SMILES string of the molecule is COc1ccc2c(c1)c(Cc1nc(CCCSC)no1)c(C)n2C(=O)c1ccc(Cl)cc1. The number of thioether (sulfide) groups is 1. The largest absolute Gasteiger partial charge is 0.497 e. The maximum atomic E-state index is 13.4. The van der Waals surface area contributed by atoms with Crippen molar-refractivity contribution in [2.24, 2.45) is 0 Å². The van der Waals surface area contributed by atoms with Crippen LogP contribution in [0, 0.1) is 6.92 Å². The molecule has 0 aliphatic rings. The number of aryl methyl sites for hydroxylation is 1. The Morgan fingerprint density at radius 1 is 1.22 bits per heavy atom. The molecular weight excluding hydrogens is 446 g/mol. The number of ether oxygens (including phenoxy) is 1. The molecule has 0 radical (unpaired) electrons. The molecule has 0 aliphatic heterocycles. The average Bonchev–Trinajstić information content (AvgIpc) is 3.36. The summed E-state index contributed by atoms with van der Waals surface area (Å²) in [4.78, 5) is 18.0. The molecule has 4 rings (SSSR count). The third kappa shape index (κ3) is 4.54. The summed E-state index contributed by atoms with van der Waals surface area (Å²) in [5.41, 5.74) is 3.15. The van der Waals surface area contributed by atoms with E-state index in [2.05, 4.69) is 16.4 Å². The quantitative estimate of drug-likeness (QED) is 0.314. The van der Waals surface area contributed by atoms with Crippen molar-refractivity contribution in [2.75, 3.05) is 19.1 Å². The number of hydrogen-bond acceptors (Lipinski definition) is 6. The van der Waals surface area contributed by atoms with E-state index in [-0.39, 0.29) is 5.91 Å². The number of methoxy groups -OCH3 is 1. The first-order valence-electron chi connectivity index (χ1n) is 10.3. The minimum atomic E-state index is -0.121. The van der Waals surface area contributed by atoms with Crippen molar-refractivity contribution in [1.29, 1.82) is 0 Å². The van der Waals surface area contributed by atoms with Crippen LogP contribution in [0.5, 0.6) is 5.75 Å². The summed E-state index contributed by atoms with van der Waals surface area (Å²) < 4.78 is 12.7. The number of rotatable bonds is 8. The van der Waals surface area contributed by atoms with E-state index in [1.165, 1.54) is 0 Å². The van der Waals surface area contributed by atoms with Gasteiger partial charge in [0, 0.05) is 28.1 Å². The second kappa shape index (κ2) is 9.79. The summed E-state index contributed by atoms with van der Waals surface area (Å²) in [5, 5.41) is 5.63. The predicted molar refractivity (Wildman–Crippen MR) is 128 cm³/mol. The lowest BCUT2D eigenvalue weighted by Crippen LogP contribution is -2.13. The van der Waals surface area contributed by atoms with Gasteiger partial charge in [0.15, 0.2) is 5.82 Å². The number of benzene rings is 2. The third-order valence-corrected chi connectivity index (χ3v) is 6.37. The average molecular weight is 470 g/mol. The van der Waals surface area contributed by atoms with Crippen molar-refractivity contribution < 1.29 is 14.1 Å². The topological polar surface area (TPSA) is 70.2 Å². The van der Waals surface area contributed by atoms with E-state index in [9.17, 15) is 4.79 Å². The molecule has 4 aromatic rings. The Hall–Kier alpha value is -2.77. The Kier molecular flexibility index (Phi) is 6.86. The lowest BCUT2D eigenvalue weighted by atomic mass is 10.1. The highest BCUT2D eigenvalue weighted by atomic mass is 35.5. The number of hydrogen-bond donors (Lipinski definition) is 0. The van der Waals surface area contributed by atoms with Crippen LogP contribution in [-0.2, 0) is 12.8 Å². The standard InChI is InChI=1S/C24H24ClN3O3S/c1-15-19(14-23-26-22(27-31-23)5-4-12-32-3)20-13-18(30-2)10-11-21(20)28(15)24(29)16-6-8-17(25)9-7-16/h6-11,13H,4-5,12,14H2,1-3H3. The Morgan fingerprint density at radius 2 is 2.00 bits per heavy atom. The van der Waals surface area contributed by atoms with Crippen LogP contribution in [0.4, 0.5) is 0 Å². The number of nitrogens with zero attached hydrogens (tertiary/aromatic N) is 3. The van der Waals surface area contributed by atoms with Crippen LogP contribution in [0.15, 0.2) is 47.0 Å². The van der Waals surface area contributed by atoms with Crippen molar-refractivity contribution >= 4 is 40.2 Å². The fourth-order valence-electron chi connectivity index (χ4n) is 3.79. The second-order valence-electron chi connectivity index (χ2n) is 7.47. The molecule has 0 spiro atoms. The summed E-state index contributed by atoms with van der Waals surface area (Å²) in [7, 11) is 1.63. The normalized spacial score (nSPS) is 11.2. The molecule has 0 atom stereocenters. The van der Waals surface area contributed by atoms with Crippen molar-refractivity contribution in [3.8, 4) is 5.75 Å². The number of halogens is 1. The van der Waals surface area contributed by atoms with Crippen molar-refractivity contribution in [1.82, 2.24) is 14.7 Å². The van der Waals surface area contributed by atoms with Gasteiger partial charge in [-0.05, 0) is 73.4 Å². The van der Waals surface area contributed by atoms with Crippen molar-refractivity contribution in [3.05, 3.63) is 76.0 Å². The predicted octanol–water partition coefficient (Wildman–Crippen LogP) is 5.57. The molecule has 6 nitrogen and oxygen atoms in total. The first-order chi connectivity index (χ1) is 15.5. The molecule has 0 N–H and O–H groups in total. The zero-order chi connectivity index (χ0) is 22.7. The Balaban J connectivity index is 1.74. The van der Waals surface area contributed by atoms with Crippen LogP contribution in [0.1, 0.15) is 39.8 Å². The molecule has 0 aliphatic carbocycles. The van der Waals surface area contributed by atoms with Crippen LogP contribution < -0.4 is 4.74 Å². The Labute approximate surface area is 195 Å². The zero-order valence-electron chi connectivity index (χ0n) is 18.2. The molecule has 0 amide bonds. The third-order valence-electron chi connectivity index (χ3n) is 5.42. The smallest absolute Gasteiger partial charge is 0.262 e. The molecule has 2 aromatic carbocycles. The summed E-state index contributed by atoms with van der Waals surface area (Å²) in [5.74, 6) is 2.91. The van der Waals surface area contributed by atoms with Gasteiger partial charge in [-0.25, -0.2) is 0 Å². The second-order valence-corrected chi connectivity index (χ2v) is 8.89. The molecular formula is C24H24ClN3O3S. The number of carbonyl (C=O) groups excluding carboxylic acids is 1. The van der Waals surface area contributed by atoms with Gasteiger partial charge in [0.2, 0.25) is 5.89 Å². The molecule has 0 saturated heterocycles. The lowest BCUT2D eigenvalue weighted by molar-refractivity contribution is 0.0963. The fourth-order valence-corrected chi connectivity index (χ4v) is 4.34. The van der Waals surface area contributed by atoms with Crippen LogP contribution in [0.3, 0.4) is 0 Å². The summed E-state index contributed by atoms with van der Waals surface area (Å²) in [6.07, 6.45) is 4.31. The van der Waals surface area contributed by atoms with Gasteiger partial charge in [0.05, 0.1) is 19.0 Å². The van der Waals surface area contributed by atoms with E-state index in [0.717, 1.165) is 46.5 Å². The van der Waals surface area contributed by atoms with E-state index in [1.807, 2.05) is 25.1 Å². The zero-order valence-corrected chi connectivity index (χ0v) is 19.8. The number of fused-ring (bicyclic) bond motifs is 1. The van der Waals surface area contributed by atoms with E-state index in [4.69, 9.17) is 20.9 Å². The Morgan fingerprint density at radius 3 is 2.72 bits per heavy atom. The van der Waals surface area contributed by atoms with Gasteiger partial charge >= 0.3 is 0 Å². The van der Waals surface area contributed by atoms with E-state index < -0.39 is 0 Å². The van der Waals surface area contributed by atoms with Gasteiger partial charge in [-0.15, -0.1) is 0 Å². The van der Waals surface area contributed by atoms with Gasteiger partial charge in [-0.2, -0.15) is 16.7 Å². The summed E-state index contributed by atoms with van der Waals surface area (Å²) >= 11 is 7.80. The van der Waals surface area contributed by atoms with Crippen molar-refractivity contribution in [2.45, 2.75) is 26.2 Å². The van der Waals surface area contributed by atoms with Gasteiger partial charge in [-0.3, -0.25) is 9.36 Å². The molecule has 0 unspecified atom stereocenters. The minimum Gasteiger partial charge on any atom is -0.497 e. The van der Waals surface area contributed by atoms with Crippen LogP contribution in [0.2, 0.25) is 5.02 Å². The molecule has 2 heterocycles. The van der Waals surface area contributed by atoms with E-state index in [0.29, 0.717) is 28.7 Å². The number of aromatic nitrogens is 3. The van der Waals surface area contributed by atoms with E-state index >= 15 is 0 Å². The van der Waals surface area contributed by atoms with Crippen LogP contribution >= 0.6 is 23.4 Å². The van der Waals surface area contributed by atoms with Gasteiger partial charge in [0.25, 0.3) is 5.91 Å². The maximum absolute atomic E-state index is 13.4. The van der Waals surface area contributed by atoms with Gasteiger partial charge < -0.3 is 9.26 Å². The highest BCUT2D eigenvalue weighted by Crippen LogP contribution is 2.31. The molecule has 32 heavy (non-hydrogen) atoms. The Bertz CT molecular complexity index is 1250.